The number of benzene rings is 1. The maximum Gasteiger partial charge on any atom is 0.317 e. The number of methoxy groups -OCH3 is 1. The molecule has 0 saturated carbocycles. The Hall–Kier alpha value is -2.02. The Kier molecular flexibility index (Phi) is 4.29. The average Bonchev–Trinajstić information content (AvgIpc) is 2.54. The van der Waals surface area contributed by atoms with E-state index in [1.165, 1.54) is 0 Å². The summed E-state index contributed by atoms with van der Waals surface area (Å²) in [4.78, 5) is 14.6. The molecule has 0 spiro atoms. The molecule has 6 nitrogen and oxygen atoms in total. The van der Waals surface area contributed by atoms with E-state index in [1.54, 1.807) is 14.0 Å². The van der Waals surface area contributed by atoms with Crippen molar-refractivity contribution in [3.63, 3.8) is 0 Å². The van der Waals surface area contributed by atoms with Gasteiger partial charge in [0.15, 0.2) is 22.3 Å². The predicted molar refractivity (Wildman–Crippen MR) is 93.0 cm³/mol. The molecular formula is C17H22N2O4S. The topological polar surface area (TPSA) is 60.0 Å². The molecule has 1 aromatic carbocycles. The lowest BCUT2D eigenvalue weighted by Gasteiger charge is -2.55. The van der Waals surface area contributed by atoms with Crippen LogP contribution in [0.15, 0.2) is 18.2 Å². The number of nitrogens with one attached hydrogen (secondary N) is 1. The highest BCUT2D eigenvalue weighted by molar-refractivity contribution is 7.80. The highest BCUT2D eigenvalue weighted by Crippen LogP contribution is 2.51. The number of rotatable bonds is 4. The minimum Gasteiger partial charge on any atom is -0.493 e. The number of fused-ring (bicyclic) bond motifs is 4. The lowest BCUT2D eigenvalue weighted by Crippen LogP contribution is -2.71. The van der Waals surface area contributed by atoms with E-state index in [2.05, 4.69) is 5.32 Å². The Morgan fingerprint density at radius 3 is 2.83 bits per heavy atom. The lowest BCUT2D eigenvalue weighted by atomic mass is 9.79. The highest BCUT2D eigenvalue weighted by atomic mass is 32.1. The number of thiocarbonyl (C=S) groups is 1. The molecule has 0 radical (unpaired) electrons. The Bertz CT molecular complexity index is 681. The summed E-state index contributed by atoms with van der Waals surface area (Å²) in [5.74, 6) is 0.439. The molecule has 0 amide bonds. The fourth-order valence-corrected chi connectivity index (χ4v) is 4.08. The Morgan fingerprint density at radius 2 is 2.21 bits per heavy atom. The van der Waals surface area contributed by atoms with E-state index in [0.717, 1.165) is 5.56 Å². The van der Waals surface area contributed by atoms with Crippen molar-refractivity contribution in [3.05, 3.63) is 23.8 Å². The van der Waals surface area contributed by atoms with Crippen molar-refractivity contribution in [2.24, 2.45) is 5.92 Å². The molecule has 2 heterocycles. The number of carbonyl (C=O) groups is 1. The van der Waals surface area contributed by atoms with Crippen molar-refractivity contribution in [1.82, 2.24) is 10.2 Å². The van der Waals surface area contributed by atoms with Gasteiger partial charge in [0.1, 0.15) is 5.92 Å². The van der Waals surface area contributed by atoms with Gasteiger partial charge in [-0.2, -0.15) is 0 Å². The fourth-order valence-electron chi connectivity index (χ4n) is 3.65. The summed E-state index contributed by atoms with van der Waals surface area (Å²) in [5.41, 5.74) is -0.0849. The van der Waals surface area contributed by atoms with Crippen LogP contribution in [0.25, 0.3) is 0 Å². The van der Waals surface area contributed by atoms with E-state index in [0.29, 0.717) is 29.8 Å². The van der Waals surface area contributed by atoms with Gasteiger partial charge in [-0.1, -0.05) is 12.1 Å². The van der Waals surface area contributed by atoms with Crippen molar-refractivity contribution in [2.45, 2.75) is 32.5 Å². The van der Waals surface area contributed by atoms with E-state index >= 15 is 0 Å². The predicted octanol–water partition coefficient (Wildman–Crippen LogP) is 2.23. The van der Waals surface area contributed by atoms with Gasteiger partial charge in [-0.25, -0.2) is 0 Å². The first kappa shape index (κ1) is 16.8. The molecule has 3 rings (SSSR count). The van der Waals surface area contributed by atoms with Crippen LogP contribution in [0.1, 0.15) is 32.4 Å². The van der Waals surface area contributed by atoms with Gasteiger partial charge in [-0.3, -0.25) is 4.79 Å². The van der Waals surface area contributed by atoms with Crippen LogP contribution in [0.3, 0.4) is 0 Å². The van der Waals surface area contributed by atoms with Crippen LogP contribution < -0.4 is 14.8 Å². The molecule has 1 fully saturated rings. The number of para-hydroxylation sites is 1. The van der Waals surface area contributed by atoms with Crippen molar-refractivity contribution < 1.29 is 19.0 Å². The molecule has 130 valence electrons. The van der Waals surface area contributed by atoms with E-state index in [4.69, 9.17) is 26.4 Å². The second-order valence-corrected chi connectivity index (χ2v) is 6.32. The van der Waals surface area contributed by atoms with E-state index in [9.17, 15) is 4.79 Å². The van der Waals surface area contributed by atoms with E-state index < -0.39 is 11.6 Å². The molecule has 0 aromatic heterocycles. The minimum absolute atomic E-state index is 0.299. The normalized spacial score (nSPS) is 27.7. The van der Waals surface area contributed by atoms with Gasteiger partial charge < -0.3 is 24.4 Å². The van der Waals surface area contributed by atoms with E-state index in [-0.39, 0.29) is 12.0 Å². The van der Waals surface area contributed by atoms with Crippen LogP contribution in [-0.2, 0) is 9.53 Å². The molecule has 2 aliphatic rings. The fraction of sp³-hybridized carbons (Fsp3) is 0.529. The summed E-state index contributed by atoms with van der Waals surface area (Å²) in [7, 11) is 1.60. The number of esters is 1. The summed E-state index contributed by atoms with van der Waals surface area (Å²) in [6.07, 6.45) is 0. The van der Waals surface area contributed by atoms with Crippen LogP contribution in [0, 0.1) is 5.92 Å². The van der Waals surface area contributed by atoms with Gasteiger partial charge >= 0.3 is 5.97 Å². The number of ether oxygens (including phenoxy) is 3. The largest absolute Gasteiger partial charge is 0.493 e. The highest BCUT2D eigenvalue weighted by Gasteiger charge is 2.59. The maximum atomic E-state index is 12.7. The third-order valence-corrected chi connectivity index (χ3v) is 5.04. The first-order valence-electron chi connectivity index (χ1n) is 8.08. The quantitative estimate of drug-likeness (QED) is 0.660. The minimum atomic E-state index is -0.935. The van der Waals surface area contributed by atoms with Crippen LogP contribution in [0.2, 0.25) is 0 Å². The Labute approximate surface area is 147 Å². The molecule has 0 aliphatic carbocycles. The van der Waals surface area contributed by atoms with Gasteiger partial charge in [0.25, 0.3) is 0 Å². The van der Waals surface area contributed by atoms with Crippen molar-refractivity contribution >= 4 is 23.3 Å². The maximum absolute atomic E-state index is 12.7. The Balaban J connectivity index is 2.18. The molecular weight excluding hydrogens is 328 g/mol. The van der Waals surface area contributed by atoms with Crippen LogP contribution in [0.4, 0.5) is 0 Å². The molecule has 3 atom stereocenters. The van der Waals surface area contributed by atoms with Crippen molar-refractivity contribution in [3.8, 4) is 11.5 Å². The zero-order valence-corrected chi connectivity index (χ0v) is 15.1. The molecule has 1 aromatic rings. The zero-order valence-electron chi connectivity index (χ0n) is 14.3. The molecule has 1 saturated heterocycles. The number of carbonyl (C=O) groups excluding carboxylic acids is 1. The van der Waals surface area contributed by atoms with Gasteiger partial charge in [0, 0.05) is 12.1 Å². The lowest BCUT2D eigenvalue weighted by molar-refractivity contribution is -0.175. The summed E-state index contributed by atoms with van der Waals surface area (Å²) in [6.45, 7) is 6.58. The van der Waals surface area contributed by atoms with Gasteiger partial charge in [0.2, 0.25) is 0 Å². The Morgan fingerprint density at radius 1 is 1.46 bits per heavy atom. The summed E-state index contributed by atoms with van der Waals surface area (Å²) >= 11 is 5.50. The number of hydrogen-bond donors (Lipinski definition) is 1. The van der Waals surface area contributed by atoms with Crippen LogP contribution in [-0.4, -0.2) is 42.0 Å². The second kappa shape index (κ2) is 6.12. The SMILES string of the molecule is CCOC(=O)[C@@H]1[C@@H]2NC(=S)N(CC)[C@@]1(C)Oc1c(OC)cccc12. The van der Waals surface area contributed by atoms with Crippen molar-refractivity contribution in [2.75, 3.05) is 20.3 Å². The molecule has 7 heteroatoms. The first-order chi connectivity index (χ1) is 11.5. The first-order valence-corrected chi connectivity index (χ1v) is 8.49. The molecule has 2 aliphatic heterocycles. The number of nitrogens with zero attached hydrogens (tertiary/aromatic N) is 1. The summed E-state index contributed by atoms with van der Waals surface area (Å²) in [5, 5.41) is 3.86. The monoisotopic (exact) mass is 350 g/mol. The van der Waals surface area contributed by atoms with Crippen LogP contribution in [0.5, 0.6) is 11.5 Å². The van der Waals surface area contributed by atoms with Crippen molar-refractivity contribution in [1.29, 1.82) is 0 Å². The average molecular weight is 350 g/mol. The third-order valence-electron chi connectivity index (χ3n) is 4.70. The van der Waals surface area contributed by atoms with Gasteiger partial charge in [0.05, 0.1) is 19.8 Å². The molecule has 24 heavy (non-hydrogen) atoms. The zero-order chi connectivity index (χ0) is 17.5. The standard InChI is InChI=1S/C17H22N2O4S/c1-5-19-16(24)18-13-10-8-7-9-11(21-4)14(10)23-17(19,3)12(13)15(20)22-6-2/h7-9,12-13H,5-6H2,1-4H3,(H,18,24)/t12-,13+,17-/m0/s1. The van der Waals surface area contributed by atoms with E-state index in [1.807, 2.05) is 36.9 Å². The summed E-state index contributed by atoms with van der Waals surface area (Å²) in [6, 6.07) is 5.33. The van der Waals surface area contributed by atoms with Crippen LogP contribution >= 0.6 is 12.2 Å². The van der Waals surface area contributed by atoms with Gasteiger partial charge in [-0.05, 0) is 39.1 Å². The third kappa shape index (κ3) is 2.30. The number of hydrogen-bond acceptors (Lipinski definition) is 5. The molecule has 1 N–H and O–H groups in total. The smallest absolute Gasteiger partial charge is 0.317 e. The summed E-state index contributed by atoms with van der Waals surface area (Å²) < 4.78 is 17.1. The second-order valence-electron chi connectivity index (χ2n) is 5.94. The molecule has 0 unspecified atom stereocenters. The molecule has 2 bridgehead atoms. The van der Waals surface area contributed by atoms with Gasteiger partial charge in [-0.15, -0.1) is 0 Å².